The first kappa shape index (κ1) is 14.4. The predicted molar refractivity (Wildman–Crippen MR) is 82.5 cm³/mol. The van der Waals surface area contributed by atoms with Crippen LogP contribution in [0, 0.1) is 0 Å². The van der Waals surface area contributed by atoms with Gasteiger partial charge in [-0.2, -0.15) is 0 Å². The number of benzene rings is 1. The molecule has 1 fully saturated rings. The summed E-state index contributed by atoms with van der Waals surface area (Å²) in [6.45, 7) is 3.42. The Morgan fingerprint density at radius 3 is 2.71 bits per heavy atom. The Morgan fingerprint density at radius 1 is 1.29 bits per heavy atom. The van der Waals surface area contributed by atoms with Crippen molar-refractivity contribution in [1.29, 1.82) is 0 Å². The minimum absolute atomic E-state index is 0.199. The first-order valence-corrected chi connectivity index (χ1v) is 7.85. The average Bonchev–Trinajstić information content (AvgIpc) is 2.90. The van der Waals surface area contributed by atoms with Crippen LogP contribution in [0.15, 0.2) is 18.2 Å². The molecule has 4 heteroatoms. The topological polar surface area (TPSA) is 41.6 Å². The molecule has 0 saturated carbocycles. The number of nitrogens with one attached hydrogen (secondary N) is 1. The van der Waals surface area contributed by atoms with E-state index in [-0.39, 0.29) is 5.91 Å². The summed E-state index contributed by atoms with van der Waals surface area (Å²) in [6.07, 6.45) is 4.41. The first-order valence-electron chi connectivity index (χ1n) is 7.85. The molecule has 21 heavy (non-hydrogen) atoms. The normalized spacial score (nSPS) is 22.2. The molecule has 4 nitrogen and oxygen atoms in total. The van der Waals surface area contributed by atoms with E-state index in [1.54, 1.807) is 14.0 Å². The molecule has 0 spiro atoms. The fraction of sp³-hybridized carbons (Fsp3) is 0.588. The Morgan fingerprint density at radius 2 is 2.05 bits per heavy atom. The molecular formula is C17H24N2O2. The van der Waals surface area contributed by atoms with Crippen molar-refractivity contribution in [1.82, 2.24) is 10.2 Å². The van der Waals surface area contributed by atoms with E-state index >= 15 is 0 Å². The highest BCUT2D eigenvalue weighted by Gasteiger charge is 2.27. The summed E-state index contributed by atoms with van der Waals surface area (Å²) >= 11 is 0. The lowest BCUT2D eigenvalue weighted by Crippen LogP contribution is -2.44. The Hall–Kier alpha value is -1.55. The van der Waals surface area contributed by atoms with Crippen LogP contribution in [0.3, 0.4) is 0 Å². The van der Waals surface area contributed by atoms with Crippen molar-refractivity contribution < 1.29 is 9.53 Å². The van der Waals surface area contributed by atoms with Gasteiger partial charge in [0, 0.05) is 32.1 Å². The molecule has 1 heterocycles. The van der Waals surface area contributed by atoms with Crippen molar-refractivity contribution in [3.8, 4) is 5.75 Å². The molecule has 0 radical (unpaired) electrons. The second-order valence-corrected chi connectivity index (χ2v) is 6.10. The smallest absolute Gasteiger partial charge is 0.219 e. The van der Waals surface area contributed by atoms with Gasteiger partial charge < -0.3 is 15.0 Å². The van der Waals surface area contributed by atoms with Crippen LogP contribution in [0.4, 0.5) is 0 Å². The van der Waals surface area contributed by atoms with Crippen molar-refractivity contribution in [3.05, 3.63) is 29.3 Å². The average molecular weight is 288 g/mol. The number of carbonyl (C=O) groups excluding carboxylic acids is 1. The zero-order chi connectivity index (χ0) is 14.8. The molecule has 3 rings (SSSR count). The number of carbonyl (C=O) groups is 1. The summed E-state index contributed by atoms with van der Waals surface area (Å²) in [5.41, 5.74) is 2.83. The van der Waals surface area contributed by atoms with E-state index in [4.69, 9.17) is 4.74 Å². The number of piperidine rings is 1. The van der Waals surface area contributed by atoms with Gasteiger partial charge in [-0.05, 0) is 48.9 Å². The Labute approximate surface area is 126 Å². The van der Waals surface area contributed by atoms with Crippen molar-refractivity contribution in [2.75, 3.05) is 20.2 Å². The number of aryl methyl sites for hydroxylation is 1. The molecule has 1 saturated heterocycles. The molecule has 1 amide bonds. The quantitative estimate of drug-likeness (QED) is 0.928. The third-order valence-electron chi connectivity index (χ3n) is 4.81. The van der Waals surface area contributed by atoms with E-state index in [0.29, 0.717) is 12.1 Å². The molecule has 114 valence electrons. The van der Waals surface area contributed by atoms with E-state index in [1.807, 2.05) is 11.0 Å². The molecule has 1 aromatic rings. The lowest BCUT2D eigenvalue weighted by molar-refractivity contribution is -0.129. The number of fused-ring (bicyclic) bond motifs is 1. The van der Waals surface area contributed by atoms with Gasteiger partial charge in [-0.15, -0.1) is 0 Å². The highest BCUT2D eigenvalue weighted by Crippen LogP contribution is 2.34. The number of ether oxygens (including phenoxy) is 1. The van der Waals surface area contributed by atoms with Crippen molar-refractivity contribution in [2.45, 2.75) is 44.7 Å². The minimum Gasteiger partial charge on any atom is -0.497 e. The number of hydrogen-bond donors (Lipinski definition) is 1. The second-order valence-electron chi connectivity index (χ2n) is 6.10. The number of rotatable bonds is 3. The van der Waals surface area contributed by atoms with Gasteiger partial charge in [0.2, 0.25) is 5.91 Å². The highest BCUT2D eigenvalue weighted by atomic mass is 16.5. The summed E-state index contributed by atoms with van der Waals surface area (Å²) in [4.78, 5) is 13.3. The summed E-state index contributed by atoms with van der Waals surface area (Å²) in [7, 11) is 1.72. The molecule has 1 unspecified atom stereocenters. The van der Waals surface area contributed by atoms with E-state index in [9.17, 15) is 4.79 Å². The second kappa shape index (κ2) is 6.06. The Kier molecular flexibility index (Phi) is 4.15. The lowest BCUT2D eigenvalue weighted by Gasteiger charge is -2.33. The standard InChI is InChI=1S/C17H24N2O2/c1-12(20)19-9-7-14(8-10-19)18-17-6-4-13-3-5-15(21-2)11-16(13)17/h3,5,11,14,17-18H,4,6-10H2,1-2H3. The maximum atomic E-state index is 11.4. The third kappa shape index (κ3) is 3.05. The first-order chi connectivity index (χ1) is 10.2. The van der Waals surface area contributed by atoms with Crippen LogP contribution in [-0.4, -0.2) is 37.0 Å². The van der Waals surface area contributed by atoms with Crippen LogP contribution in [0.5, 0.6) is 5.75 Å². The summed E-state index contributed by atoms with van der Waals surface area (Å²) in [6, 6.07) is 7.36. The van der Waals surface area contributed by atoms with Gasteiger partial charge in [0.25, 0.3) is 0 Å². The van der Waals surface area contributed by atoms with Gasteiger partial charge in [0.15, 0.2) is 0 Å². The molecule has 1 N–H and O–H groups in total. The zero-order valence-corrected chi connectivity index (χ0v) is 12.9. The lowest BCUT2D eigenvalue weighted by atomic mass is 10.0. The van der Waals surface area contributed by atoms with E-state index in [0.717, 1.165) is 44.5 Å². The molecular weight excluding hydrogens is 264 g/mol. The number of nitrogens with zero attached hydrogens (tertiary/aromatic N) is 1. The zero-order valence-electron chi connectivity index (χ0n) is 12.9. The van der Waals surface area contributed by atoms with E-state index < -0.39 is 0 Å². The number of likely N-dealkylation sites (tertiary alicyclic amines) is 1. The maximum absolute atomic E-state index is 11.4. The van der Waals surface area contributed by atoms with Gasteiger partial charge >= 0.3 is 0 Å². The summed E-state index contributed by atoms with van der Waals surface area (Å²) in [5.74, 6) is 1.14. The van der Waals surface area contributed by atoms with Gasteiger partial charge in [-0.1, -0.05) is 6.07 Å². The SMILES string of the molecule is COc1ccc2c(c1)C(NC1CCN(C(C)=O)CC1)CC2. The molecule has 1 aromatic carbocycles. The van der Waals surface area contributed by atoms with Gasteiger partial charge in [-0.3, -0.25) is 4.79 Å². The van der Waals surface area contributed by atoms with Gasteiger partial charge in [-0.25, -0.2) is 0 Å². The third-order valence-corrected chi connectivity index (χ3v) is 4.81. The van der Waals surface area contributed by atoms with E-state index in [1.165, 1.54) is 11.1 Å². The Bertz CT molecular complexity index is 522. The molecule has 1 aliphatic heterocycles. The molecule has 1 aliphatic carbocycles. The monoisotopic (exact) mass is 288 g/mol. The van der Waals surface area contributed by atoms with Crippen LogP contribution in [0.25, 0.3) is 0 Å². The molecule has 2 aliphatic rings. The van der Waals surface area contributed by atoms with Crippen LogP contribution in [0.1, 0.15) is 43.4 Å². The van der Waals surface area contributed by atoms with E-state index in [2.05, 4.69) is 17.4 Å². The van der Waals surface area contributed by atoms with Gasteiger partial charge in [0.1, 0.15) is 5.75 Å². The van der Waals surface area contributed by atoms with Crippen molar-refractivity contribution in [3.63, 3.8) is 0 Å². The fourth-order valence-electron chi connectivity index (χ4n) is 3.53. The largest absolute Gasteiger partial charge is 0.497 e. The number of hydrogen-bond acceptors (Lipinski definition) is 3. The van der Waals surface area contributed by atoms with Crippen molar-refractivity contribution >= 4 is 5.91 Å². The summed E-state index contributed by atoms with van der Waals surface area (Å²) < 4.78 is 5.35. The Balaban J connectivity index is 1.62. The van der Waals surface area contributed by atoms with Crippen LogP contribution >= 0.6 is 0 Å². The van der Waals surface area contributed by atoms with Gasteiger partial charge in [0.05, 0.1) is 7.11 Å². The molecule has 0 bridgehead atoms. The van der Waals surface area contributed by atoms with Crippen molar-refractivity contribution in [2.24, 2.45) is 0 Å². The number of amides is 1. The maximum Gasteiger partial charge on any atom is 0.219 e. The predicted octanol–water partition coefficient (Wildman–Crippen LogP) is 2.28. The summed E-state index contributed by atoms with van der Waals surface area (Å²) in [5, 5.41) is 3.79. The fourth-order valence-corrected chi connectivity index (χ4v) is 3.53. The number of methoxy groups -OCH3 is 1. The molecule has 0 aromatic heterocycles. The molecule has 1 atom stereocenters. The van der Waals surface area contributed by atoms with Crippen LogP contribution < -0.4 is 10.1 Å². The van der Waals surface area contributed by atoms with Crippen LogP contribution in [0.2, 0.25) is 0 Å². The minimum atomic E-state index is 0.199. The van der Waals surface area contributed by atoms with Crippen LogP contribution in [-0.2, 0) is 11.2 Å². The highest BCUT2D eigenvalue weighted by molar-refractivity contribution is 5.73.